The molecule has 1 N–H and O–H groups in total. The van der Waals surface area contributed by atoms with E-state index in [9.17, 15) is 0 Å². The molecule has 4 heteroatoms. The van der Waals surface area contributed by atoms with Crippen LogP contribution in [0.4, 0.5) is 0 Å². The minimum Gasteiger partial charge on any atom is -0.344 e. The van der Waals surface area contributed by atoms with E-state index < -0.39 is 8.30 Å². The summed E-state index contributed by atoms with van der Waals surface area (Å²) in [6, 6.07) is 1.14. The maximum absolute atomic E-state index is 6.10. The third-order valence-corrected chi connectivity index (χ3v) is 6.61. The third kappa shape index (κ3) is 13.6. The van der Waals surface area contributed by atoms with Crippen molar-refractivity contribution in [1.82, 2.24) is 9.99 Å². The molecule has 0 aliphatic rings. The largest absolute Gasteiger partial charge is 0.344 e. The normalized spacial score (nSPS) is 13.4. The number of unbranched alkanes of at least 4 members (excludes halogenated alkanes) is 9. The molecule has 146 valence electrons. The van der Waals surface area contributed by atoms with Gasteiger partial charge in [-0.3, -0.25) is 4.67 Å². The third-order valence-electron chi connectivity index (χ3n) is 4.48. The van der Waals surface area contributed by atoms with E-state index in [1.54, 1.807) is 0 Å². The van der Waals surface area contributed by atoms with E-state index in [4.69, 9.17) is 4.52 Å². The van der Waals surface area contributed by atoms with Gasteiger partial charge in [-0.2, -0.15) is 0 Å². The molecule has 1 unspecified atom stereocenters. The Balaban J connectivity index is 3.38. The van der Waals surface area contributed by atoms with Gasteiger partial charge in [0.05, 0.1) is 6.61 Å². The van der Waals surface area contributed by atoms with Crippen LogP contribution in [0.2, 0.25) is 0 Å². The molecule has 0 aromatic carbocycles. The van der Waals surface area contributed by atoms with Crippen LogP contribution in [0, 0.1) is 0 Å². The Kier molecular flexibility index (Phi) is 17.0. The van der Waals surface area contributed by atoms with Crippen molar-refractivity contribution in [2.75, 3.05) is 26.9 Å². The Morgan fingerprint density at radius 1 is 0.750 bits per heavy atom. The zero-order chi connectivity index (χ0) is 18.2. The fourth-order valence-electron chi connectivity index (χ4n) is 3.33. The van der Waals surface area contributed by atoms with Gasteiger partial charge in [-0.25, -0.2) is 0 Å². The van der Waals surface area contributed by atoms with Gasteiger partial charge in [0.1, 0.15) is 8.30 Å². The summed E-state index contributed by atoms with van der Waals surface area (Å²) in [5.74, 6) is 0. The van der Waals surface area contributed by atoms with Crippen LogP contribution in [0.25, 0.3) is 0 Å². The molecule has 1 atom stereocenters. The first kappa shape index (κ1) is 24.3. The molecule has 0 radical (unpaired) electrons. The number of rotatable bonds is 17. The van der Waals surface area contributed by atoms with Crippen LogP contribution in [0.15, 0.2) is 0 Å². The van der Waals surface area contributed by atoms with Crippen molar-refractivity contribution in [3.8, 4) is 0 Å². The Morgan fingerprint density at radius 3 is 1.58 bits per heavy atom. The fourth-order valence-corrected chi connectivity index (χ4v) is 5.16. The van der Waals surface area contributed by atoms with Crippen molar-refractivity contribution in [2.24, 2.45) is 0 Å². The van der Waals surface area contributed by atoms with Crippen LogP contribution >= 0.6 is 8.30 Å². The Bertz CT molecular complexity index is 254. The second-order valence-electron chi connectivity index (χ2n) is 7.50. The second kappa shape index (κ2) is 16.8. The summed E-state index contributed by atoms with van der Waals surface area (Å²) in [6.45, 7) is 13.4. The highest BCUT2D eigenvalue weighted by atomic mass is 31.2. The van der Waals surface area contributed by atoms with Gasteiger partial charge in [-0.1, -0.05) is 51.4 Å². The minimum atomic E-state index is -0.433. The highest BCUT2D eigenvalue weighted by Gasteiger charge is 2.20. The van der Waals surface area contributed by atoms with Crippen LogP contribution < -0.4 is 5.32 Å². The summed E-state index contributed by atoms with van der Waals surface area (Å²) in [5, 5.41) is 3.22. The first-order valence-electron chi connectivity index (χ1n) is 10.3. The van der Waals surface area contributed by atoms with Gasteiger partial charge >= 0.3 is 0 Å². The Morgan fingerprint density at radius 2 is 1.17 bits per heavy atom. The number of nitrogens with zero attached hydrogens (tertiary/aromatic N) is 1. The lowest BCUT2D eigenvalue weighted by Crippen LogP contribution is -2.32. The molecule has 0 heterocycles. The predicted octanol–water partition coefficient (Wildman–Crippen LogP) is 6.18. The van der Waals surface area contributed by atoms with Crippen LogP contribution in [0.3, 0.4) is 0 Å². The molecule has 0 bridgehead atoms. The molecule has 0 saturated heterocycles. The molecule has 0 aliphatic carbocycles. The van der Waals surface area contributed by atoms with E-state index in [1.807, 2.05) is 7.05 Å². The summed E-state index contributed by atoms with van der Waals surface area (Å²) in [6.07, 6.45) is 13.7. The van der Waals surface area contributed by atoms with E-state index in [0.717, 1.165) is 6.61 Å². The number of nitrogens with one attached hydrogen (secondary N) is 1. The van der Waals surface area contributed by atoms with Crippen molar-refractivity contribution in [3.05, 3.63) is 0 Å². The summed E-state index contributed by atoms with van der Waals surface area (Å²) >= 11 is 0. The van der Waals surface area contributed by atoms with Gasteiger partial charge in [0, 0.05) is 12.1 Å². The van der Waals surface area contributed by atoms with Crippen molar-refractivity contribution < 1.29 is 4.52 Å². The van der Waals surface area contributed by atoms with Gasteiger partial charge in [0.25, 0.3) is 0 Å². The maximum Gasteiger partial charge on any atom is 0.101 e. The Hall–Kier alpha value is 0.310. The van der Waals surface area contributed by atoms with Crippen molar-refractivity contribution in [3.63, 3.8) is 0 Å². The second-order valence-corrected chi connectivity index (χ2v) is 9.15. The average molecular weight is 361 g/mol. The standard InChI is InChI=1S/C20H45N2OP/c1-19(2)22(20(3)4)24(6)23-18-16-14-12-10-8-7-9-11-13-15-17-21-5/h19-21H,7-18H2,1-6H3. The average Bonchev–Trinajstić information content (AvgIpc) is 2.51. The van der Waals surface area contributed by atoms with Gasteiger partial charge in [0.15, 0.2) is 0 Å². The quantitative estimate of drug-likeness (QED) is 0.247. The van der Waals surface area contributed by atoms with Crippen LogP contribution in [-0.4, -0.2) is 43.6 Å². The molecule has 0 aliphatic heterocycles. The highest BCUT2D eigenvalue weighted by molar-refractivity contribution is 7.49. The first-order chi connectivity index (χ1) is 11.5. The van der Waals surface area contributed by atoms with Gasteiger partial charge in [-0.15, -0.1) is 0 Å². The molecule has 3 nitrogen and oxygen atoms in total. The molecular weight excluding hydrogens is 315 g/mol. The highest BCUT2D eigenvalue weighted by Crippen LogP contribution is 2.40. The van der Waals surface area contributed by atoms with E-state index in [1.165, 1.54) is 70.8 Å². The van der Waals surface area contributed by atoms with Gasteiger partial charge < -0.3 is 9.84 Å². The zero-order valence-corrected chi connectivity index (χ0v) is 18.3. The lowest BCUT2D eigenvalue weighted by atomic mass is 10.1. The minimum absolute atomic E-state index is 0.433. The SMILES string of the molecule is CNCCCCCCCCCCCCOP(C)N(C(C)C)C(C)C. The fraction of sp³-hybridized carbons (Fsp3) is 1.00. The van der Waals surface area contributed by atoms with Crippen LogP contribution in [0.1, 0.15) is 91.9 Å². The molecule has 0 spiro atoms. The van der Waals surface area contributed by atoms with Crippen molar-refractivity contribution in [2.45, 2.75) is 104 Å². The Labute approximate surface area is 154 Å². The van der Waals surface area contributed by atoms with Crippen molar-refractivity contribution in [1.29, 1.82) is 0 Å². The molecule has 0 fully saturated rings. The molecule has 0 aromatic rings. The molecule has 0 aromatic heterocycles. The lowest BCUT2D eigenvalue weighted by molar-refractivity contribution is 0.252. The van der Waals surface area contributed by atoms with E-state index in [-0.39, 0.29) is 0 Å². The summed E-state index contributed by atoms with van der Waals surface area (Å²) in [4.78, 5) is 0. The summed E-state index contributed by atoms with van der Waals surface area (Å²) in [5.41, 5.74) is 0. The number of hydrogen-bond acceptors (Lipinski definition) is 3. The molecule has 0 saturated carbocycles. The molecular formula is C20H45N2OP. The topological polar surface area (TPSA) is 24.5 Å². The number of hydrogen-bond donors (Lipinski definition) is 1. The molecule has 24 heavy (non-hydrogen) atoms. The van der Waals surface area contributed by atoms with Crippen LogP contribution in [-0.2, 0) is 4.52 Å². The van der Waals surface area contributed by atoms with Gasteiger partial charge in [-0.05, 0) is 60.8 Å². The van der Waals surface area contributed by atoms with E-state index >= 15 is 0 Å². The van der Waals surface area contributed by atoms with Gasteiger partial charge in [0.2, 0.25) is 0 Å². The molecule has 0 amide bonds. The summed E-state index contributed by atoms with van der Waals surface area (Å²) < 4.78 is 8.61. The maximum atomic E-state index is 6.10. The van der Waals surface area contributed by atoms with Crippen molar-refractivity contribution >= 4 is 8.30 Å². The zero-order valence-electron chi connectivity index (χ0n) is 17.4. The first-order valence-corrected chi connectivity index (χ1v) is 12.0. The summed E-state index contributed by atoms with van der Waals surface area (Å²) in [7, 11) is 1.61. The lowest BCUT2D eigenvalue weighted by Gasteiger charge is -2.35. The monoisotopic (exact) mass is 360 g/mol. The van der Waals surface area contributed by atoms with E-state index in [2.05, 4.69) is 44.3 Å². The molecule has 0 rings (SSSR count). The predicted molar refractivity (Wildman–Crippen MR) is 111 cm³/mol. The smallest absolute Gasteiger partial charge is 0.101 e. The van der Waals surface area contributed by atoms with Crippen LogP contribution in [0.5, 0.6) is 0 Å². The van der Waals surface area contributed by atoms with E-state index in [0.29, 0.717) is 12.1 Å².